The van der Waals surface area contributed by atoms with Gasteiger partial charge in [0, 0.05) is 0 Å². The van der Waals surface area contributed by atoms with Crippen LogP contribution in [0.1, 0.15) is 37.8 Å². The lowest BCUT2D eigenvalue weighted by Crippen LogP contribution is -1.91. The maximum Gasteiger partial charge on any atom is -0.0149 e. The minimum Gasteiger partial charge on any atom is -0.0654 e. The van der Waals surface area contributed by atoms with Crippen molar-refractivity contribution in [2.45, 2.75) is 39.5 Å². The van der Waals surface area contributed by atoms with Crippen molar-refractivity contribution < 1.29 is 0 Å². The molecule has 0 radical (unpaired) electrons. The van der Waals surface area contributed by atoms with E-state index in [-0.39, 0.29) is 0 Å². The van der Waals surface area contributed by atoms with Crippen LogP contribution in [0, 0.1) is 0 Å². The highest BCUT2D eigenvalue weighted by atomic mass is 14.1. The van der Waals surface area contributed by atoms with Gasteiger partial charge >= 0.3 is 0 Å². The number of fused-ring (bicyclic) bond motifs is 1. The lowest BCUT2D eigenvalue weighted by molar-refractivity contribution is 0.799. The average molecular weight is 212 g/mol. The molecule has 84 valence electrons. The summed E-state index contributed by atoms with van der Waals surface area (Å²) in [4.78, 5) is 0. The van der Waals surface area contributed by atoms with Gasteiger partial charge in [0.25, 0.3) is 0 Å². The maximum absolute atomic E-state index is 2.32. The minimum absolute atomic E-state index is 1.12. The molecule has 0 saturated heterocycles. The molecule has 2 aromatic carbocycles. The van der Waals surface area contributed by atoms with E-state index < -0.39 is 0 Å². The van der Waals surface area contributed by atoms with Crippen molar-refractivity contribution in [1.29, 1.82) is 0 Å². The molecule has 0 nitrogen and oxygen atoms in total. The number of hydrogen-bond donors (Lipinski definition) is 0. The predicted molar refractivity (Wildman–Crippen MR) is 71.9 cm³/mol. The van der Waals surface area contributed by atoms with Crippen LogP contribution in [0.25, 0.3) is 10.8 Å². The van der Waals surface area contributed by atoms with E-state index in [4.69, 9.17) is 0 Å². The van der Waals surface area contributed by atoms with E-state index in [1.54, 1.807) is 0 Å². The normalized spacial score (nSPS) is 10.9. The first-order chi connectivity index (χ1) is 7.86. The van der Waals surface area contributed by atoms with E-state index in [2.05, 4.69) is 50.2 Å². The predicted octanol–water partition coefficient (Wildman–Crippen LogP) is 4.74. The quantitative estimate of drug-likeness (QED) is 0.686. The van der Waals surface area contributed by atoms with Crippen molar-refractivity contribution in [3.8, 4) is 0 Å². The van der Waals surface area contributed by atoms with Crippen LogP contribution in [-0.2, 0) is 12.8 Å². The lowest BCUT2D eigenvalue weighted by atomic mass is 9.95. The summed E-state index contributed by atoms with van der Waals surface area (Å²) in [6.07, 6.45) is 4.88. The highest BCUT2D eigenvalue weighted by Gasteiger charge is 2.03. The minimum atomic E-state index is 1.12. The summed E-state index contributed by atoms with van der Waals surface area (Å²) >= 11 is 0. The summed E-state index contributed by atoms with van der Waals surface area (Å²) in [6, 6.07) is 13.4. The van der Waals surface area contributed by atoms with Crippen molar-refractivity contribution in [3.05, 3.63) is 47.5 Å². The van der Waals surface area contributed by atoms with Crippen molar-refractivity contribution >= 4 is 10.8 Å². The number of aryl methyl sites for hydroxylation is 2. The van der Waals surface area contributed by atoms with Gasteiger partial charge < -0.3 is 0 Å². The van der Waals surface area contributed by atoms with Crippen LogP contribution in [0.5, 0.6) is 0 Å². The van der Waals surface area contributed by atoms with Gasteiger partial charge in [-0.25, -0.2) is 0 Å². The molecule has 0 fully saturated rings. The van der Waals surface area contributed by atoms with Crippen molar-refractivity contribution in [1.82, 2.24) is 0 Å². The number of benzene rings is 2. The Labute approximate surface area is 98.3 Å². The highest BCUT2D eigenvalue weighted by molar-refractivity contribution is 5.88. The molecule has 0 heterocycles. The Balaban J connectivity index is 2.51. The van der Waals surface area contributed by atoms with Gasteiger partial charge in [-0.2, -0.15) is 0 Å². The second-order valence-electron chi connectivity index (χ2n) is 4.39. The smallest absolute Gasteiger partial charge is 0.0149 e. The molecule has 0 saturated carbocycles. The van der Waals surface area contributed by atoms with Crippen molar-refractivity contribution in [2.75, 3.05) is 0 Å². The van der Waals surface area contributed by atoms with E-state index in [1.807, 2.05) is 0 Å². The van der Waals surface area contributed by atoms with Gasteiger partial charge in [0.15, 0.2) is 0 Å². The van der Waals surface area contributed by atoms with Crippen molar-refractivity contribution in [3.63, 3.8) is 0 Å². The molecule has 0 aliphatic heterocycles. The van der Waals surface area contributed by atoms with E-state index in [0.29, 0.717) is 0 Å². The molecule has 0 heteroatoms. The van der Waals surface area contributed by atoms with E-state index in [9.17, 15) is 0 Å². The fourth-order valence-electron chi connectivity index (χ4n) is 2.32. The maximum atomic E-state index is 2.32. The van der Waals surface area contributed by atoms with Gasteiger partial charge in [-0.15, -0.1) is 0 Å². The molecule has 2 aromatic rings. The number of unbranched alkanes of at least 4 members (excludes halogenated alkanes) is 1. The topological polar surface area (TPSA) is 0 Å². The number of hydrogen-bond acceptors (Lipinski definition) is 0. The average Bonchev–Trinajstić information content (AvgIpc) is 2.36. The van der Waals surface area contributed by atoms with Crippen LogP contribution < -0.4 is 0 Å². The first-order valence-electron chi connectivity index (χ1n) is 6.36. The van der Waals surface area contributed by atoms with E-state index >= 15 is 0 Å². The molecule has 0 aromatic heterocycles. The van der Waals surface area contributed by atoms with E-state index in [0.717, 1.165) is 6.42 Å². The zero-order valence-corrected chi connectivity index (χ0v) is 10.3. The Bertz CT molecular complexity index is 468. The summed E-state index contributed by atoms with van der Waals surface area (Å²) in [6.45, 7) is 4.48. The van der Waals surface area contributed by atoms with Crippen LogP contribution in [-0.4, -0.2) is 0 Å². The molecule has 2 rings (SSSR count). The Morgan fingerprint density at radius 1 is 0.812 bits per heavy atom. The van der Waals surface area contributed by atoms with Crippen LogP contribution in [0.15, 0.2) is 36.4 Å². The Morgan fingerprint density at radius 3 is 2.06 bits per heavy atom. The lowest BCUT2D eigenvalue weighted by Gasteiger charge is -2.09. The molecular weight excluding hydrogens is 192 g/mol. The van der Waals surface area contributed by atoms with E-state index in [1.165, 1.54) is 41.2 Å². The molecule has 0 amide bonds. The third-order valence-corrected chi connectivity index (χ3v) is 3.29. The van der Waals surface area contributed by atoms with Gasteiger partial charge in [0.05, 0.1) is 0 Å². The molecule has 0 atom stereocenters. The first kappa shape index (κ1) is 11.2. The van der Waals surface area contributed by atoms with Gasteiger partial charge in [0.1, 0.15) is 0 Å². The van der Waals surface area contributed by atoms with Gasteiger partial charge in [0.2, 0.25) is 0 Å². The number of rotatable bonds is 4. The summed E-state index contributed by atoms with van der Waals surface area (Å²) < 4.78 is 0. The van der Waals surface area contributed by atoms with Gasteiger partial charge in [-0.1, -0.05) is 56.7 Å². The highest BCUT2D eigenvalue weighted by Crippen LogP contribution is 2.24. The third-order valence-electron chi connectivity index (χ3n) is 3.29. The molecule has 0 aliphatic rings. The summed E-state index contributed by atoms with van der Waals surface area (Å²) in [5, 5.41) is 2.90. The van der Waals surface area contributed by atoms with Crippen molar-refractivity contribution in [2.24, 2.45) is 0 Å². The molecule has 0 aliphatic carbocycles. The summed E-state index contributed by atoms with van der Waals surface area (Å²) in [5.41, 5.74) is 2.98. The standard InChI is InChI=1S/C16H20/c1-3-5-8-14-12-11-13(4-2)15-9-6-7-10-16(14)15/h6-7,9-12H,3-5,8H2,1-2H3. The zero-order valence-electron chi connectivity index (χ0n) is 10.3. The molecule has 0 spiro atoms. The summed E-state index contributed by atoms with van der Waals surface area (Å²) in [7, 11) is 0. The molecule has 0 N–H and O–H groups in total. The first-order valence-corrected chi connectivity index (χ1v) is 6.36. The molecule has 0 unspecified atom stereocenters. The SMILES string of the molecule is CCCCc1ccc(CC)c2ccccc12. The van der Waals surface area contributed by atoms with Gasteiger partial charge in [-0.3, -0.25) is 0 Å². The Kier molecular flexibility index (Phi) is 3.61. The largest absolute Gasteiger partial charge is 0.0654 e. The molecule has 16 heavy (non-hydrogen) atoms. The van der Waals surface area contributed by atoms with Crippen LogP contribution in [0.4, 0.5) is 0 Å². The van der Waals surface area contributed by atoms with Crippen LogP contribution in [0.2, 0.25) is 0 Å². The Hall–Kier alpha value is -1.30. The zero-order chi connectivity index (χ0) is 11.4. The monoisotopic (exact) mass is 212 g/mol. The van der Waals surface area contributed by atoms with Crippen LogP contribution in [0.3, 0.4) is 0 Å². The second kappa shape index (κ2) is 5.16. The second-order valence-corrected chi connectivity index (χ2v) is 4.39. The Morgan fingerprint density at radius 2 is 1.44 bits per heavy atom. The summed E-state index contributed by atoms with van der Waals surface area (Å²) in [5.74, 6) is 0. The molecule has 0 bridgehead atoms. The fourth-order valence-corrected chi connectivity index (χ4v) is 2.32. The van der Waals surface area contributed by atoms with Crippen LogP contribution >= 0.6 is 0 Å². The third kappa shape index (κ3) is 2.11. The van der Waals surface area contributed by atoms with Gasteiger partial charge in [-0.05, 0) is 41.2 Å². The fraction of sp³-hybridized carbons (Fsp3) is 0.375. The molecular formula is C16H20.